The summed E-state index contributed by atoms with van der Waals surface area (Å²) in [5, 5.41) is 0. The van der Waals surface area contributed by atoms with Gasteiger partial charge in [-0.2, -0.15) is 18.7 Å². The van der Waals surface area contributed by atoms with Gasteiger partial charge in [0.15, 0.2) is 0 Å². The van der Waals surface area contributed by atoms with Crippen molar-refractivity contribution >= 4 is 26.4 Å². The fourth-order valence-electron chi connectivity index (χ4n) is 0.753. The molecule has 0 aliphatic heterocycles. The summed E-state index contributed by atoms with van der Waals surface area (Å²) >= 11 is 0. The van der Waals surface area contributed by atoms with Crippen LogP contribution in [0.3, 0.4) is 0 Å². The number of carbonyl (C=O) groups is 3. The molecule has 85 valence electrons. The molecule has 0 aliphatic carbocycles. The summed E-state index contributed by atoms with van der Waals surface area (Å²) in [5.74, 6) is 0. The Balaban J connectivity index is -0.0000000755. The first-order valence-electron chi connectivity index (χ1n) is 3.56. The summed E-state index contributed by atoms with van der Waals surface area (Å²) in [4.78, 5) is 24.0. The Hall–Kier alpha value is -1.24. The summed E-state index contributed by atoms with van der Waals surface area (Å²) in [5.41, 5.74) is 2.55. The standard InChI is InChI=1S/C8H9.3CH2O.Re/c1-3-8-6-4-5-7(8)2;3*1-2;/h3-6H,1H2,2H3;3*1H2;/q-1;;;;. The van der Waals surface area contributed by atoms with Crippen molar-refractivity contribution in [3.63, 3.8) is 0 Å². The van der Waals surface area contributed by atoms with Crippen molar-refractivity contribution < 1.29 is 34.8 Å². The number of hydrogen-bond donors (Lipinski definition) is 0. The molecular formula is C11H15O3Re-. The van der Waals surface area contributed by atoms with Crippen LogP contribution in [-0.2, 0) is 34.8 Å². The molecule has 0 amide bonds. The first-order valence-corrected chi connectivity index (χ1v) is 3.56. The first kappa shape index (κ1) is 23.5. The fraction of sp³-hybridized carbons (Fsp3) is 0.0909. The second-order valence-electron chi connectivity index (χ2n) is 1.87. The van der Waals surface area contributed by atoms with Crippen LogP contribution in [0.4, 0.5) is 0 Å². The van der Waals surface area contributed by atoms with E-state index in [9.17, 15) is 0 Å². The van der Waals surface area contributed by atoms with Gasteiger partial charge in [-0.15, -0.1) is 23.3 Å². The Morgan fingerprint density at radius 3 is 1.67 bits per heavy atom. The molecule has 0 saturated heterocycles. The maximum atomic E-state index is 8.00. The summed E-state index contributed by atoms with van der Waals surface area (Å²) < 4.78 is 0. The van der Waals surface area contributed by atoms with Crippen molar-refractivity contribution in [2.45, 2.75) is 6.92 Å². The van der Waals surface area contributed by atoms with Gasteiger partial charge in [-0.1, -0.05) is 6.92 Å². The van der Waals surface area contributed by atoms with Gasteiger partial charge >= 0.3 is 0 Å². The van der Waals surface area contributed by atoms with E-state index in [1.54, 1.807) is 0 Å². The van der Waals surface area contributed by atoms with Crippen molar-refractivity contribution in [3.05, 3.63) is 35.9 Å². The van der Waals surface area contributed by atoms with Gasteiger partial charge in [0.25, 0.3) is 0 Å². The minimum Gasteiger partial charge on any atom is -0.307 e. The van der Waals surface area contributed by atoms with Crippen LogP contribution >= 0.6 is 0 Å². The monoisotopic (exact) mass is 382 g/mol. The van der Waals surface area contributed by atoms with Gasteiger partial charge in [-0.3, -0.25) is 0 Å². The molecular weight excluding hydrogens is 366 g/mol. The van der Waals surface area contributed by atoms with E-state index >= 15 is 0 Å². The number of rotatable bonds is 1. The molecule has 0 aromatic heterocycles. The third-order valence-corrected chi connectivity index (χ3v) is 1.30. The van der Waals surface area contributed by atoms with Crippen LogP contribution in [0, 0.1) is 6.92 Å². The summed E-state index contributed by atoms with van der Waals surface area (Å²) in [6, 6.07) is 6.17. The molecule has 0 unspecified atom stereocenters. The molecule has 1 radical (unpaired) electrons. The van der Waals surface area contributed by atoms with Crippen LogP contribution in [-0.4, -0.2) is 20.4 Å². The van der Waals surface area contributed by atoms with Crippen molar-refractivity contribution in [1.82, 2.24) is 0 Å². The average molecular weight is 381 g/mol. The summed E-state index contributed by atoms with van der Waals surface area (Å²) in [6.45, 7) is 11.7. The molecule has 0 fully saturated rings. The Bertz CT molecular complexity index is 229. The normalized spacial score (nSPS) is 5.67. The molecule has 15 heavy (non-hydrogen) atoms. The third kappa shape index (κ3) is 12.8. The molecule has 0 spiro atoms. The van der Waals surface area contributed by atoms with Gasteiger partial charge in [0, 0.05) is 20.4 Å². The van der Waals surface area contributed by atoms with E-state index in [4.69, 9.17) is 14.4 Å². The molecule has 3 nitrogen and oxygen atoms in total. The SMILES string of the molecule is C=C[c-]1cccc1C.C=O.C=O.C=O.[Re]. The first-order chi connectivity index (χ1) is 6.84. The van der Waals surface area contributed by atoms with Gasteiger partial charge in [0.2, 0.25) is 0 Å². The molecule has 0 bridgehead atoms. The minimum atomic E-state index is 0. The molecule has 0 aliphatic rings. The van der Waals surface area contributed by atoms with E-state index in [1.165, 1.54) is 11.1 Å². The van der Waals surface area contributed by atoms with Crippen LogP contribution < -0.4 is 0 Å². The molecule has 1 rings (SSSR count). The number of aryl methyl sites for hydroxylation is 1. The fourth-order valence-corrected chi connectivity index (χ4v) is 0.753. The van der Waals surface area contributed by atoms with Crippen LogP contribution in [0.2, 0.25) is 0 Å². The zero-order valence-electron chi connectivity index (χ0n) is 8.74. The summed E-state index contributed by atoms with van der Waals surface area (Å²) in [7, 11) is 0. The molecule has 1 aromatic carbocycles. The van der Waals surface area contributed by atoms with Crippen LogP contribution in [0.5, 0.6) is 0 Å². The Kier molecular flexibility index (Phi) is 36.1. The minimum absolute atomic E-state index is 0. The van der Waals surface area contributed by atoms with Crippen molar-refractivity contribution in [2.75, 3.05) is 0 Å². The third-order valence-electron chi connectivity index (χ3n) is 1.30. The second kappa shape index (κ2) is 23.0. The Morgan fingerprint density at radius 2 is 1.53 bits per heavy atom. The maximum absolute atomic E-state index is 8.00. The van der Waals surface area contributed by atoms with Crippen LogP contribution in [0.25, 0.3) is 6.08 Å². The van der Waals surface area contributed by atoms with Gasteiger partial charge in [0.05, 0.1) is 0 Å². The van der Waals surface area contributed by atoms with Crippen molar-refractivity contribution in [1.29, 1.82) is 0 Å². The summed E-state index contributed by atoms with van der Waals surface area (Å²) in [6.07, 6.45) is 1.87. The average Bonchev–Trinajstić information content (AvgIpc) is 2.72. The van der Waals surface area contributed by atoms with Gasteiger partial charge in [-0.25, -0.2) is 0 Å². The quantitative estimate of drug-likeness (QED) is 0.697. The molecule has 0 heterocycles. The van der Waals surface area contributed by atoms with E-state index in [0.29, 0.717) is 0 Å². The van der Waals surface area contributed by atoms with Crippen LogP contribution in [0.15, 0.2) is 24.8 Å². The van der Waals surface area contributed by atoms with Gasteiger partial charge in [-0.05, 0) is 0 Å². The zero-order chi connectivity index (χ0) is 12.0. The van der Waals surface area contributed by atoms with Crippen molar-refractivity contribution in [2.24, 2.45) is 0 Å². The second-order valence-corrected chi connectivity index (χ2v) is 1.87. The van der Waals surface area contributed by atoms with Gasteiger partial charge < -0.3 is 14.4 Å². The Morgan fingerprint density at radius 1 is 1.13 bits per heavy atom. The molecule has 0 saturated carbocycles. The molecule has 4 heteroatoms. The van der Waals surface area contributed by atoms with E-state index in [2.05, 4.69) is 25.6 Å². The smallest absolute Gasteiger partial charge is 0.106 e. The number of carbonyl (C=O) groups excluding carboxylic acids is 3. The molecule has 0 atom stereocenters. The van der Waals surface area contributed by atoms with Crippen LogP contribution in [0.1, 0.15) is 11.1 Å². The van der Waals surface area contributed by atoms with Crippen molar-refractivity contribution in [3.8, 4) is 0 Å². The van der Waals surface area contributed by atoms with E-state index < -0.39 is 0 Å². The molecule has 0 N–H and O–H groups in total. The van der Waals surface area contributed by atoms with Gasteiger partial charge in [0.1, 0.15) is 20.4 Å². The van der Waals surface area contributed by atoms with E-state index in [-0.39, 0.29) is 20.4 Å². The number of hydrogen-bond acceptors (Lipinski definition) is 3. The molecule has 1 aromatic rings. The zero-order valence-corrected chi connectivity index (χ0v) is 11.5. The topological polar surface area (TPSA) is 51.2 Å². The van der Waals surface area contributed by atoms with E-state index in [1.807, 2.05) is 32.5 Å². The predicted molar refractivity (Wildman–Crippen MR) is 58.2 cm³/mol. The van der Waals surface area contributed by atoms with E-state index in [0.717, 1.165) is 0 Å². The largest absolute Gasteiger partial charge is 0.307 e. The maximum Gasteiger partial charge on any atom is 0.106 e. The Labute approximate surface area is 104 Å². The predicted octanol–water partition coefficient (Wildman–Crippen LogP) is 1.80.